The molecule has 0 fully saturated rings. The van der Waals surface area contributed by atoms with Crippen LogP contribution in [0.25, 0.3) is 6.08 Å². The molecule has 0 heterocycles. The lowest BCUT2D eigenvalue weighted by atomic mass is 10.1. The van der Waals surface area contributed by atoms with Crippen LogP contribution >= 0.6 is 0 Å². The Hall–Kier alpha value is -2.01. The molecule has 110 valence electrons. The molecule has 0 aromatic heterocycles. The van der Waals surface area contributed by atoms with Crippen LogP contribution in [0.4, 0.5) is 0 Å². The Kier molecular flexibility index (Phi) is 7.21. The zero-order chi connectivity index (χ0) is 14.8. The molecule has 1 rings (SSSR count). The second-order valence-corrected chi connectivity index (χ2v) is 4.12. The fourth-order valence-electron chi connectivity index (χ4n) is 1.60. The third-order valence-corrected chi connectivity index (χ3v) is 2.63. The summed E-state index contributed by atoms with van der Waals surface area (Å²) in [6.45, 7) is 1.25. The van der Waals surface area contributed by atoms with Crippen molar-refractivity contribution in [2.75, 3.05) is 27.4 Å². The molecule has 0 saturated carbocycles. The van der Waals surface area contributed by atoms with Gasteiger partial charge in [0.05, 0.1) is 13.7 Å². The molecule has 5 nitrogen and oxygen atoms in total. The summed E-state index contributed by atoms with van der Waals surface area (Å²) < 4.78 is 15.8. The maximum absolute atomic E-state index is 10.6. The van der Waals surface area contributed by atoms with Crippen molar-refractivity contribution in [3.05, 3.63) is 29.8 Å². The van der Waals surface area contributed by atoms with Gasteiger partial charge in [-0.15, -0.1) is 0 Å². The van der Waals surface area contributed by atoms with E-state index in [4.69, 9.17) is 19.3 Å². The van der Waals surface area contributed by atoms with Crippen LogP contribution < -0.4 is 9.47 Å². The van der Waals surface area contributed by atoms with E-state index in [1.165, 1.54) is 6.08 Å². The van der Waals surface area contributed by atoms with Crippen LogP contribution in [0, 0.1) is 0 Å². The second kappa shape index (κ2) is 8.98. The lowest BCUT2D eigenvalue weighted by molar-refractivity contribution is -0.131. The van der Waals surface area contributed by atoms with E-state index in [1.54, 1.807) is 32.4 Å². The zero-order valence-electron chi connectivity index (χ0n) is 11.8. The Morgan fingerprint density at radius 1 is 1.25 bits per heavy atom. The number of hydrogen-bond donors (Lipinski definition) is 1. The van der Waals surface area contributed by atoms with E-state index in [1.807, 2.05) is 0 Å². The summed E-state index contributed by atoms with van der Waals surface area (Å²) in [4.78, 5) is 10.6. The van der Waals surface area contributed by atoms with Crippen molar-refractivity contribution in [3.63, 3.8) is 0 Å². The Bertz CT molecular complexity index is 454. The summed E-state index contributed by atoms with van der Waals surface area (Å²) in [5, 5.41) is 8.67. The minimum atomic E-state index is -0.994. The van der Waals surface area contributed by atoms with Gasteiger partial charge in [-0.3, -0.25) is 0 Å². The van der Waals surface area contributed by atoms with Crippen LogP contribution in [0.1, 0.15) is 18.4 Å². The normalized spacial score (nSPS) is 10.7. The van der Waals surface area contributed by atoms with Crippen molar-refractivity contribution in [2.45, 2.75) is 12.8 Å². The fraction of sp³-hybridized carbons (Fsp3) is 0.400. The van der Waals surface area contributed by atoms with E-state index in [0.29, 0.717) is 30.3 Å². The van der Waals surface area contributed by atoms with Gasteiger partial charge in [0.2, 0.25) is 0 Å². The number of rotatable bonds is 9. The van der Waals surface area contributed by atoms with Gasteiger partial charge in [-0.05, 0) is 31.1 Å². The SMILES string of the molecule is COCCCCOc1cc(OC)ccc1C=CC(=O)O. The van der Waals surface area contributed by atoms with Crippen molar-refractivity contribution in [3.8, 4) is 11.5 Å². The van der Waals surface area contributed by atoms with Crippen LogP contribution in [0.15, 0.2) is 24.3 Å². The van der Waals surface area contributed by atoms with Crippen molar-refractivity contribution in [2.24, 2.45) is 0 Å². The van der Waals surface area contributed by atoms with Gasteiger partial charge in [0.25, 0.3) is 0 Å². The van der Waals surface area contributed by atoms with Crippen molar-refractivity contribution in [1.82, 2.24) is 0 Å². The van der Waals surface area contributed by atoms with Crippen LogP contribution in [0.2, 0.25) is 0 Å². The second-order valence-electron chi connectivity index (χ2n) is 4.12. The zero-order valence-corrected chi connectivity index (χ0v) is 11.8. The molecule has 0 spiro atoms. The number of carbonyl (C=O) groups is 1. The highest BCUT2D eigenvalue weighted by molar-refractivity contribution is 5.86. The van der Waals surface area contributed by atoms with Gasteiger partial charge < -0.3 is 19.3 Å². The molecule has 0 saturated heterocycles. The average molecular weight is 280 g/mol. The molecule has 1 N–H and O–H groups in total. The number of hydrogen-bond acceptors (Lipinski definition) is 4. The highest BCUT2D eigenvalue weighted by Crippen LogP contribution is 2.26. The molecule has 0 radical (unpaired) electrons. The molecule has 5 heteroatoms. The number of methoxy groups -OCH3 is 2. The van der Waals surface area contributed by atoms with Gasteiger partial charge in [-0.2, -0.15) is 0 Å². The maximum atomic E-state index is 10.6. The standard InChI is InChI=1S/C15H20O5/c1-18-9-3-4-10-20-14-11-13(19-2)7-5-12(14)6-8-15(16)17/h5-8,11H,3-4,9-10H2,1-2H3,(H,16,17). The highest BCUT2D eigenvalue weighted by Gasteiger charge is 2.04. The molecule has 0 bridgehead atoms. The Morgan fingerprint density at radius 3 is 2.65 bits per heavy atom. The number of aliphatic carboxylic acids is 1. The lowest BCUT2D eigenvalue weighted by Crippen LogP contribution is -2.01. The molecule has 0 atom stereocenters. The topological polar surface area (TPSA) is 65.0 Å². The first-order valence-corrected chi connectivity index (χ1v) is 6.38. The number of carboxylic acids is 1. The van der Waals surface area contributed by atoms with E-state index >= 15 is 0 Å². The van der Waals surface area contributed by atoms with Gasteiger partial charge in [0.15, 0.2) is 0 Å². The van der Waals surface area contributed by atoms with Crippen molar-refractivity contribution < 1.29 is 24.1 Å². The minimum absolute atomic E-state index is 0.546. The largest absolute Gasteiger partial charge is 0.497 e. The summed E-state index contributed by atoms with van der Waals surface area (Å²) in [7, 11) is 3.24. The smallest absolute Gasteiger partial charge is 0.328 e. The molecule has 0 aliphatic rings. The van der Waals surface area contributed by atoms with E-state index in [9.17, 15) is 4.79 Å². The minimum Gasteiger partial charge on any atom is -0.497 e. The van der Waals surface area contributed by atoms with E-state index in [2.05, 4.69) is 0 Å². The third-order valence-electron chi connectivity index (χ3n) is 2.63. The monoisotopic (exact) mass is 280 g/mol. The molecular weight excluding hydrogens is 260 g/mol. The van der Waals surface area contributed by atoms with E-state index in [-0.39, 0.29) is 0 Å². The van der Waals surface area contributed by atoms with Gasteiger partial charge in [-0.25, -0.2) is 4.79 Å². The molecule has 0 aliphatic carbocycles. The molecular formula is C15H20O5. The van der Waals surface area contributed by atoms with Crippen molar-refractivity contribution >= 4 is 12.0 Å². The summed E-state index contributed by atoms with van der Waals surface area (Å²) in [5.41, 5.74) is 0.708. The Balaban J connectivity index is 2.70. The quantitative estimate of drug-likeness (QED) is 0.556. The number of benzene rings is 1. The van der Waals surface area contributed by atoms with Crippen LogP contribution in [-0.2, 0) is 9.53 Å². The predicted molar refractivity (Wildman–Crippen MR) is 76.3 cm³/mol. The van der Waals surface area contributed by atoms with E-state index < -0.39 is 5.97 Å². The number of ether oxygens (including phenoxy) is 3. The summed E-state index contributed by atoms with van der Waals surface area (Å²) >= 11 is 0. The number of unbranched alkanes of at least 4 members (excludes halogenated alkanes) is 1. The summed E-state index contributed by atoms with van der Waals surface area (Å²) in [5.74, 6) is 0.287. The van der Waals surface area contributed by atoms with E-state index in [0.717, 1.165) is 18.9 Å². The lowest BCUT2D eigenvalue weighted by Gasteiger charge is -2.11. The molecule has 20 heavy (non-hydrogen) atoms. The van der Waals surface area contributed by atoms with Crippen molar-refractivity contribution in [1.29, 1.82) is 0 Å². The molecule has 0 aliphatic heterocycles. The average Bonchev–Trinajstić information content (AvgIpc) is 2.45. The molecule has 0 amide bonds. The maximum Gasteiger partial charge on any atom is 0.328 e. The first-order chi connectivity index (χ1) is 9.67. The Labute approximate surface area is 118 Å². The summed E-state index contributed by atoms with van der Waals surface area (Å²) in [6, 6.07) is 5.28. The first-order valence-electron chi connectivity index (χ1n) is 6.38. The highest BCUT2D eigenvalue weighted by atomic mass is 16.5. The predicted octanol–water partition coefficient (Wildman–Crippen LogP) is 2.60. The van der Waals surface area contributed by atoms with Crippen LogP contribution in [0.5, 0.6) is 11.5 Å². The molecule has 1 aromatic rings. The molecule has 0 unspecified atom stereocenters. The number of carboxylic acid groups (broad SMARTS) is 1. The van der Waals surface area contributed by atoms with Gasteiger partial charge in [0, 0.05) is 31.4 Å². The molecule has 1 aromatic carbocycles. The third kappa shape index (κ3) is 5.75. The van der Waals surface area contributed by atoms with Gasteiger partial charge >= 0.3 is 5.97 Å². The fourth-order valence-corrected chi connectivity index (χ4v) is 1.60. The van der Waals surface area contributed by atoms with Crippen LogP contribution in [-0.4, -0.2) is 38.5 Å². The Morgan fingerprint density at radius 2 is 2.00 bits per heavy atom. The summed E-state index contributed by atoms with van der Waals surface area (Å²) in [6.07, 6.45) is 4.37. The van der Waals surface area contributed by atoms with Crippen LogP contribution in [0.3, 0.4) is 0 Å². The van der Waals surface area contributed by atoms with Gasteiger partial charge in [-0.1, -0.05) is 0 Å². The van der Waals surface area contributed by atoms with Gasteiger partial charge in [0.1, 0.15) is 11.5 Å². The first kappa shape index (κ1) is 16.0.